The summed E-state index contributed by atoms with van der Waals surface area (Å²) in [6.45, 7) is 2.25. The molecule has 0 saturated carbocycles. The van der Waals surface area contributed by atoms with E-state index in [1.807, 2.05) is 19.1 Å². The van der Waals surface area contributed by atoms with Gasteiger partial charge in [-0.15, -0.1) is 11.3 Å². The number of rotatable bonds is 8. The van der Waals surface area contributed by atoms with Crippen LogP contribution in [0.4, 0.5) is 5.69 Å². The number of benzene rings is 2. The molecule has 0 aliphatic heterocycles. The lowest BCUT2D eigenvalue weighted by atomic mass is 10.1. The fourth-order valence-electron chi connectivity index (χ4n) is 3.05. The van der Waals surface area contributed by atoms with Crippen molar-refractivity contribution in [2.45, 2.75) is 13.3 Å². The van der Waals surface area contributed by atoms with Crippen LogP contribution >= 0.6 is 11.3 Å². The van der Waals surface area contributed by atoms with Gasteiger partial charge in [-0.3, -0.25) is 4.79 Å². The number of hydrogen-bond donors (Lipinski definition) is 1. The lowest BCUT2D eigenvalue weighted by molar-refractivity contribution is -0.115. The minimum Gasteiger partial charge on any atom is -0.493 e. The summed E-state index contributed by atoms with van der Waals surface area (Å²) in [5, 5.41) is 3.65. The van der Waals surface area contributed by atoms with E-state index in [9.17, 15) is 9.59 Å². The van der Waals surface area contributed by atoms with Crippen LogP contribution in [-0.2, 0) is 16.0 Å². The first-order valence-electron chi connectivity index (χ1n) is 9.29. The van der Waals surface area contributed by atoms with E-state index in [0.29, 0.717) is 34.4 Å². The second kappa shape index (κ2) is 9.49. The molecular weight excluding hydrogens is 406 g/mol. The third-order valence-electron chi connectivity index (χ3n) is 4.40. The van der Waals surface area contributed by atoms with E-state index in [1.54, 1.807) is 38.5 Å². The molecule has 1 aromatic heterocycles. The number of methoxy groups -OCH3 is 3. The maximum Gasteiger partial charge on any atom is 0.351 e. The molecule has 30 heavy (non-hydrogen) atoms. The molecule has 1 heterocycles. The lowest BCUT2D eigenvalue weighted by Gasteiger charge is -2.10. The lowest BCUT2D eigenvalue weighted by Crippen LogP contribution is -2.14. The van der Waals surface area contributed by atoms with E-state index in [2.05, 4.69) is 5.32 Å². The first-order chi connectivity index (χ1) is 14.5. The quantitative estimate of drug-likeness (QED) is 0.538. The number of fused-ring (bicyclic) bond motifs is 1. The van der Waals surface area contributed by atoms with Gasteiger partial charge in [-0.1, -0.05) is 6.07 Å². The zero-order valence-corrected chi connectivity index (χ0v) is 18.1. The van der Waals surface area contributed by atoms with Crippen LogP contribution in [0.5, 0.6) is 17.2 Å². The molecule has 0 aliphatic carbocycles. The van der Waals surface area contributed by atoms with E-state index in [-0.39, 0.29) is 12.3 Å². The van der Waals surface area contributed by atoms with Crippen molar-refractivity contribution in [1.82, 2.24) is 0 Å². The van der Waals surface area contributed by atoms with Crippen LogP contribution in [0.3, 0.4) is 0 Å². The number of thiophene rings is 1. The number of nitrogens with one attached hydrogen (secondary N) is 1. The number of carbonyl (C=O) groups excluding carboxylic acids is 2. The molecule has 7 nitrogen and oxygen atoms in total. The molecule has 0 radical (unpaired) electrons. The second-order valence-corrected chi connectivity index (χ2v) is 7.36. The highest BCUT2D eigenvalue weighted by atomic mass is 32.1. The molecule has 0 fully saturated rings. The molecule has 158 valence electrons. The Morgan fingerprint density at radius 1 is 1.00 bits per heavy atom. The van der Waals surface area contributed by atoms with Crippen molar-refractivity contribution in [1.29, 1.82) is 0 Å². The van der Waals surface area contributed by atoms with Crippen molar-refractivity contribution in [3.8, 4) is 17.2 Å². The van der Waals surface area contributed by atoms with E-state index in [0.717, 1.165) is 15.6 Å². The van der Waals surface area contributed by atoms with Gasteiger partial charge in [0, 0.05) is 15.8 Å². The van der Waals surface area contributed by atoms with E-state index in [1.165, 1.54) is 18.4 Å². The Bertz CT molecular complexity index is 1070. The second-order valence-electron chi connectivity index (χ2n) is 6.31. The first kappa shape index (κ1) is 21.4. The summed E-state index contributed by atoms with van der Waals surface area (Å²) in [5.41, 5.74) is 1.41. The zero-order valence-electron chi connectivity index (χ0n) is 17.2. The summed E-state index contributed by atoms with van der Waals surface area (Å²) in [6.07, 6.45) is 0.174. The highest BCUT2D eigenvalue weighted by molar-refractivity contribution is 7.21. The maximum atomic E-state index is 12.6. The molecule has 8 heteroatoms. The fourth-order valence-corrected chi connectivity index (χ4v) is 4.09. The number of amides is 1. The van der Waals surface area contributed by atoms with Crippen molar-refractivity contribution < 1.29 is 28.5 Å². The predicted molar refractivity (Wildman–Crippen MR) is 116 cm³/mol. The van der Waals surface area contributed by atoms with Crippen molar-refractivity contribution in [2.24, 2.45) is 0 Å². The molecular formula is C22H23NO6S. The Morgan fingerprint density at radius 3 is 2.43 bits per heavy atom. The van der Waals surface area contributed by atoms with E-state index >= 15 is 0 Å². The molecule has 0 unspecified atom stereocenters. The minimum atomic E-state index is -0.446. The smallest absolute Gasteiger partial charge is 0.351 e. The number of carbonyl (C=O) groups is 2. The molecule has 0 aliphatic rings. The van der Waals surface area contributed by atoms with Crippen LogP contribution in [0.15, 0.2) is 36.4 Å². The molecule has 0 saturated heterocycles. The molecule has 1 N–H and O–H groups in total. The van der Waals surface area contributed by atoms with Crippen LogP contribution in [-0.4, -0.2) is 39.8 Å². The van der Waals surface area contributed by atoms with Gasteiger partial charge in [0.15, 0.2) is 22.1 Å². The van der Waals surface area contributed by atoms with Crippen LogP contribution in [0.1, 0.15) is 22.2 Å². The Labute approximate surface area is 178 Å². The summed E-state index contributed by atoms with van der Waals surface area (Å²) in [7, 11) is 4.45. The van der Waals surface area contributed by atoms with Crippen molar-refractivity contribution in [3.05, 3.63) is 46.8 Å². The topological polar surface area (TPSA) is 83.1 Å². The van der Waals surface area contributed by atoms with Gasteiger partial charge >= 0.3 is 5.97 Å². The van der Waals surface area contributed by atoms with E-state index in [4.69, 9.17) is 18.9 Å². The normalized spacial score (nSPS) is 10.5. The Hall–Kier alpha value is -3.26. The fraction of sp³-hybridized carbons (Fsp3) is 0.273. The molecule has 0 atom stereocenters. The first-order valence-corrected chi connectivity index (χ1v) is 10.1. The molecule has 2 aromatic carbocycles. The van der Waals surface area contributed by atoms with Gasteiger partial charge in [0.1, 0.15) is 0 Å². The number of ether oxygens (including phenoxy) is 4. The van der Waals surface area contributed by atoms with Gasteiger partial charge in [-0.05, 0) is 42.8 Å². The summed E-state index contributed by atoms with van der Waals surface area (Å²) in [4.78, 5) is 25.0. The molecule has 3 aromatic rings. The maximum absolute atomic E-state index is 12.6. The van der Waals surface area contributed by atoms with Crippen molar-refractivity contribution >= 4 is 39.0 Å². The van der Waals surface area contributed by atoms with Gasteiger partial charge < -0.3 is 24.3 Å². The van der Waals surface area contributed by atoms with Gasteiger partial charge in [0.05, 0.1) is 34.4 Å². The van der Waals surface area contributed by atoms with Crippen LogP contribution in [0.25, 0.3) is 10.1 Å². The summed E-state index contributed by atoms with van der Waals surface area (Å²) in [5.74, 6) is 1.02. The third kappa shape index (κ3) is 4.49. The van der Waals surface area contributed by atoms with Crippen molar-refractivity contribution in [3.63, 3.8) is 0 Å². The number of hydrogen-bond acceptors (Lipinski definition) is 7. The average molecular weight is 429 g/mol. The molecule has 3 rings (SSSR count). The van der Waals surface area contributed by atoms with Gasteiger partial charge in [-0.25, -0.2) is 4.79 Å². The highest BCUT2D eigenvalue weighted by Crippen LogP contribution is 2.39. The van der Waals surface area contributed by atoms with Gasteiger partial charge in [-0.2, -0.15) is 0 Å². The standard InChI is InChI=1S/C22H23NO6S/c1-5-29-20-15-12-14(7-9-18(15)30-21(20)22(25)28-4)23-19(24)11-13-6-8-16(26-2)17(10-13)27-3/h6-10,12H,5,11H2,1-4H3,(H,23,24). The Morgan fingerprint density at radius 2 is 1.77 bits per heavy atom. The largest absolute Gasteiger partial charge is 0.493 e. The van der Waals surface area contributed by atoms with Crippen LogP contribution in [0.2, 0.25) is 0 Å². The number of esters is 1. The average Bonchev–Trinajstić information content (AvgIpc) is 3.11. The highest BCUT2D eigenvalue weighted by Gasteiger charge is 2.21. The monoisotopic (exact) mass is 429 g/mol. The zero-order chi connectivity index (χ0) is 21.7. The van der Waals surface area contributed by atoms with Crippen molar-refractivity contribution in [2.75, 3.05) is 33.3 Å². The summed E-state index contributed by atoms with van der Waals surface area (Å²) < 4.78 is 21.9. The Kier molecular flexibility index (Phi) is 6.79. The van der Waals surface area contributed by atoms with Crippen LogP contribution in [0, 0.1) is 0 Å². The van der Waals surface area contributed by atoms with E-state index < -0.39 is 5.97 Å². The third-order valence-corrected chi connectivity index (χ3v) is 5.53. The van der Waals surface area contributed by atoms with Gasteiger partial charge in [0.2, 0.25) is 5.91 Å². The summed E-state index contributed by atoms with van der Waals surface area (Å²) >= 11 is 1.30. The van der Waals surface area contributed by atoms with Crippen LogP contribution < -0.4 is 19.5 Å². The SMILES string of the molecule is CCOc1c(C(=O)OC)sc2ccc(NC(=O)Cc3ccc(OC)c(OC)c3)cc12. The minimum absolute atomic E-state index is 0.174. The predicted octanol–water partition coefficient (Wildman–Crippen LogP) is 4.29. The molecule has 0 spiro atoms. The van der Waals surface area contributed by atoms with Gasteiger partial charge in [0.25, 0.3) is 0 Å². The molecule has 0 bridgehead atoms. The summed E-state index contributed by atoms with van der Waals surface area (Å²) in [6, 6.07) is 10.8. The Balaban J connectivity index is 1.82. The molecule has 1 amide bonds. The number of anilines is 1.